The van der Waals surface area contributed by atoms with Gasteiger partial charge in [-0.25, -0.2) is 4.98 Å². The molecule has 50 heavy (non-hydrogen) atoms. The van der Waals surface area contributed by atoms with E-state index in [9.17, 15) is 27.9 Å². The Labute approximate surface area is 285 Å². The molecule has 266 valence electrons. The Morgan fingerprint density at radius 1 is 1.04 bits per heavy atom. The molecular formula is C33H37F3N7O6P. The second-order valence-electron chi connectivity index (χ2n) is 11.8. The number of fused-ring (bicyclic) bond motifs is 1. The Kier molecular flexibility index (Phi) is 9.82. The predicted octanol–water partition coefficient (Wildman–Crippen LogP) is 7.51. The number of anilines is 4. The molecule has 1 fully saturated rings. The van der Waals surface area contributed by atoms with Gasteiger partial charge in [-0.1, -0.05) is 12.1 Å². The van der Waals surface area contributed by atoms with E-state index in [1.54, 1.807) is 68.3 Å². The van der Waals surface area contributed by atoms with Gasteiger partial charge in [0, 0.05) is 36.6 Å². The Morgan fingerprint density at radius 3 is 2.42 bits per heavy atom. The van der Waals surface area contributed by atoms with Gasteiger partial charge >= 0.3 is 13.8 Å². The molecule has 1 aliphatic rings. The number of aryl methyl sites for hydroxylation is 1. The Morgan fingerprint density at radius 2 is 1.76 bits per heavy atom. The van der Waals surface area contributed by atoms with Gasteiger partial charge in [0.1, 0.15) is 17.1 Å². The number of benzene rings is 2. The van der Waals surface area contributed by atoms with E-state index in [2.05, 4.69) is 25.7 Å². The first-order valence-electron chi connectivity index (χ1n) is 15.9. The van der Waals surface area contributed by atoms with Crippen LogP contribution in [0.1, 0.15) is 43.9 Å². The molecule has 3 heterocycles. The predicted molar refractivity (Wildman–Crippen MR) is 181 cm³/mol. The minimum absolute atomic E-state index is 0.0112. The van der Waals surface area contributed by atoms with Gasteiger partial charge < -0.3 is 39.2 Å². The van der Waals surface area contributed by atoms with Crippen LogP contribution in [0.25, 0.3) is 21.9 Å². The second-order valence-corrected chi connectivity index (χ2v) is 13.9. The van der Waals surface area contributed by atoms with Crippen LogP contribution in [0.15, 0.2) is 55.1 Å². The van der Waals surface area contributed by atoms with Crippen LogP contribution in [0.5, 0.6) is 11.6 Å². The summed E-state index contributed by atoms with van der Waals surface area (Å²) in [4.78, 5) is 8.11. The van der Waals surface area contributed by atoms with E-state index in [0.29, 0.717) is 47.0 Å². The SMILES string of the molecule is CCOP(=O)(Cc1ccc(Nc2ncc(C(F)(F)F)c(Nc3ccc(-c4cnn(C5CC(O)C5)c4)c4cn(C)c(O)c34)n2)c(OC)c1)OCC. The van der Waals surface area contributed by atoms with Crippen molar-refractivity contribution in [1.82, 2.24) is 24.3 Å². The van der Waals surface area contributed by atoms with Crippen molar-refractivity contribution in [3.05, 3.63) is 66.2 Å². The molecular weight excluding hydrogens is 678 g/mol. The largest absolute Gasteiger partial charge is 0.495 e. The monoisotopic (exact) mass is 715 g/mol. The quantitative estimate of drug-likeness (QED) is 0.0894. The lowest BCUT2D eigenvalue weighted by Gasteiger charge is -2.31. The number of aromatic hydroxyl groups is 1. The highest BCUT2D eigenvalue weighted by molar-refractivity contribution is 7.53. The molecule has 1 aliphatic carbocycles. The first-order valence-corrected chi connectivity index (χ1v) is 17.6. The zero-order valence-electron chi connectivity index (χ0n) is 27.7. The van der Waals surface area contributed by atoms with Crippen LogP contribution < -0.4 is 15.4 Å². The van der Waals surface area contributed by atoms with Crippen molar-refractivity contribution in [1.29, 1.82) is 0 Å². The standard InChI is InChI=1S/C33H37F3N7O6P/c1-5-48-50(46,49-6-2)18-19-7-9-26(28(11-19)47-4)40-32-37-15-25(33(34,35)36)30(41-32)39-27-10-8-23(24-17-42(3)31(45)29(24)27)20-14-38-43(16-20)21-12-22(44)13-21/h7-11,14-17,21-22,44-45H,5-6,12-13,18H2,1-4H3,(H2,37,39,40,41). The molecule has 17 heteroatoms. The molecule has 1 saturated carbocycles. The molecule has 0 atom stereocenters. The summed E-state index contributed by atoms with van der Waals surface area (Å²) in [5, 5.41) is 31.8. The number of ether oxygens (including phenoxy) is 1. The summed E-state index contributed by atoms with van der Waals surface area (Å²) in [5.74, 6) is -0.584. The number of nitrogens with one attached hydrogen (secondary N) is 2. The van der Waals surface area contributed by atoms with Crippen molar-refractivity contribution in [2.75, 3.05) is 31.0 Å². The van der Waals surface area contributed by atoms with E-state index in [4.69, 9.17) is 13.8 Å². The zero-order valence-corrected chi connectivity index (χ0v) is 28.6. The lowest BCUT2D eigenvalue weighted by molar-refractivity contribution is -0.137. The number of hydrogen-bond acceptors (Lipinski definition) is 11. The number of aliphatic hydroxyl groups excluding tert-OH is 1. The summed E-state index contributed by atoms with van der Waals surface area (Å²) >= 11 is 0. The zero-order chi connectivity index (χ0) is 35.8. The average molecular weight is 716 g/mol. The minimum Gasteiger partial charge on any atom is -0.495 e. The van der Waals surface area contributed by atoms with Gasteiger partial charge in [0.2, 0.25) is 11.8 Å². The number of nitrogens with zero attached hydrogens (tertiary/aromatic N) is 5. The van der Waals surface area contributed by atoms with Crippen molar-refractivity contribution in [2.45, 2.75) is 51.2 Å². The normalized spacial score (nSPS) is 16.4. The Hall–Kier alpha value is -4.63. The molecule has 0 aliphatic heterocycles. The maximum atomic E-state index is 14.2. The van der Waals surface area contributed by atoms with Crippen molar-refractivity contribution in [2.24, 2.45) is 7.05 Å². The van der Waals surface area contributed by atoms with E-state index < -0.39 is 25.2 Å². The summed E-state index contributed by atoms with van der Waals surface area (Å²) in [6.07, 6.45) is 1.92. The Balaban J connectivity index is 1.32. The van der Waals surface area contributed by atoms with Crippen LogP contribution >= 0.6 is 7.60 Å². The number of halogens is 3. The van der Waals surface area contributed by atoms with Crippen LogP contribution in [-0.4, -0.2) is 61.0 Å². The molecule has 0 bridgehead atoms. The third-order valence-corrected chi connectivity index (χ3v) is 10.4. The fourth-order valence-electron chi connectivity index (χ4n) is 5.91. The van der Waals surface area contributed by atoms with Crippen molar-refractivity contribution in [3.63, 3.8) is 0 Å². The van der Waals surface area contributed by atoms with Crippen molar-refractivity contribution in [3.8, 4) is 22.8 Å². The second kappa shape index (κ2) is 13.9. The topological polar surface area (TPSA) is 158 Å². The van der Waals surface area contributed by atoms with E-state index in [-0.39, 0.29) is 54.4 Å². The lowest BCUT2D eigenvalue weighted by Crippen LogP contribution is -2.30. The third-order valence-electron chi connectivity index (χ3n) is 8.39. The van der Waals surface area contributed by atoms with Gasteiger partial charge in [-0.05, 0) is 56.0 Å². The first-order chi connectivity index (χ1) is 23.8. The maximum Gasteiger partial charge on any atom is 0.421 e. The molecule has 13 nitrogen and oxygen atoms in total. The summed E-state index contributed by atoms with van der Waals surface area (Å²) in [6, 6.07) is 8.27. The van der Waals surface area contributed by atoms with Gasteiger partial charge in [0.25, 0.3) is 0 Å². The minimum atomic E-state index is -4.81. The van der Waals surface area contributed by atoms with E-state index in [1.807, 2.05) is 6.20 Å². The molecule has 0 amide bonds. The number of aromatic nitrogens is 5. The van der Waals surface area contributed by atoms with Crippen LogP contribution in [0.2, 0.25) is 0 Å². The van der Waals surface area contributed by atoms with E-state index >= 15 is 0 Å². The molecule has 0 unspecified atom stereocenters. The number of alkyl halides is 3. The molecule has 6 rings (SSSR count). The number of rotatable bonds is 13. The fraction of sp³-hybridized carbons (Fsp3) is 0.364. The van der Waals surface area contributed by atoms with Crippen molar-refractivity contribution < 1.29 is 41.7 Å². The molecule has 0 saturated heterocycles. The van der Waals surface area contributed by atoms with E-state index in [1.165, 1.54) is 11.7 Å². The fourth-order valence-corrected chi connectivity index (χ4v) is 7.60. The van der Waals surface area contributed by atoms with Crippen LogP contribution in [0.4, 0.5) is 36.3 Å². The van der Waals surface area contributed by atoms with Gasteiger partial charge in [0.15, 0.2) is 0 Å². The van der Waals surface area contributed by atoms with Crippen molar-refractivity contribution >= 4 is 41.5 Å². The average Bonchev–Trinajstić information content (AvgIpc) is 3.64. The Bertz CT molecular complexity index is 2050. The summed E-state index contributed by atoms with van der Waals surface area (Å²) in [6.45, 7) is 3.83. The van der Waals surface area contributed by atoms with E-state index in [0.717, 1.165) is 5.56 Å². The molecule has 0 spiro atoms. The highest BCUT2D eigenvalue weighted by Crippen LogP contribution is 2.52. The maximum absolute atomic E-state index is 14.2. The number of methoxy groups -OCH3 is 1. The first kappa shape index (κ1) is 35.2. The molecule has 5 aromatic rings. The molecule has 2 aromatic carbocycles. The number of aliphatic hydroxyl groups is 1. The van der Waals surface area contributed by atoms with Gasteiger partial charge in [-0.15, -0.1) is 0 Å². The van der Waals surface area contributed by atoms with Crippen LogP contribution in [0, 0.1) is 0 Å². The van der Waals surface area contributed by atoms with Gasteiger partial charge in [-0.2, -0.15) is 23.3 Å². The summed E-state index contributed by atoms with van der Waals surface area (Å²) in [5.41, 5.74) is 1.46. The molecule has 0 radical (unpaired) electrons. The summed E-state index contributed by atoms with van der Waals surface area (Å²) < 4.78 is 75.3. The molecule has 3 aromatic heterocycles. The lowest BCUT2D eigenvalue weighted by atomic mass is 9.90. The molecule has 4 N–H and O–H groups in total. The van der Waals surface area contributed by atoms with Gasteiger partial charge in [0.05, 0.1) is 61.6 Å². The number of hydrogen-bond donors (Lipinski definition) is 4. The third kappa shape index (κ3) is 7.15. The smallest absolute Gasteiger partial charge is 0.421 e. The summed E-state index contributed by atoms with van der Waals surface area (Å²) in [7, 11) is -0.365. The van der Waals surface area contributed by atoms with Crippen LogP contribution in [-0.2, 0) is 33.0 Å². The van der Waals surface area contributed by atoms with Crippen LogP contribution in [0.3, 0.4) is 0 Å². The highest BCUT2D eigenvalue weighted by atomic mass is 31.2. The van der Waals surface area contributed by atoms with Gasteiger partial charge in [-0.3, -0.25) is 9.25 Å². The highest BCUT2D eigenvalue weighted by Gasteiger charge is 2.36.